The molecule has 0 saturated heterocycles. The maximum absolute atomic E-state index is 11.3. The summed E-state index contributed by atoms with van der Waals surface area (Å²) >= 11 is 1.69. The van der Waals surface area contributed by atoms with Crippen molar-refractivity contribution < 1.29 is 4.79 Å². The number of thioether (sulfide) groups is 1. The Hall–Kier alpha value is -1.69. The molecule has 0 atom stereocenters. The van der Waals surface area contributed by atoms with E-state index in [1.165, 1.54) is 0 Å². The van der Waals surface area contributed by atoms with Gasteiger partial charge in [0.15, 0.2) is 0 Å². The van der Waals surface area contributed by atoms with Gasteiger partial charge >= 0.3 is 6.03 Å². The van der Waals surface area contributed by atoms with Crippen molar-refractivity contribution in [3.8, 4) is 0 Å². The molecule has 102 valence electrons. The minimum Gasteiger partial charge on any atom is -0.351 e. The second kappa shape index (κ2) is 5.97. The number of hydrogen-bond acceptors (Lipinski definition) is 3. The topological polar surface area (TPSA) is 63.6 Å². The van der Waals surface area contributed by atoms with Crippen LogP contribution in [-0.2, 0) is 0 Å². The van der Waals surface area contributed by atoms with Crippen LogP contribution in [0.1, 0.15) is 13.8 Å². The Morgan fingerprint density at radius 2 is 2.32 bits per heavy atom. The van der Waals surface area contributed by atoms with Crippen LogP contribution in [0, 0.1) is 0 Å². The molecule has 0 fully saturated rings. The molecule has 0 aliphatic heterocycles. The highest BCUT2D eigenvalue weighted by Crippen LogP contribution is 2.19. The third-order valence-electron chi connectivity index (χ3n) is 2.88. The average Bonchev–Trinajstić information content (AvgIpc) is 2.82. The summed E-state index contributed by atoms with van der Waals surface area (Å²) in [5, 5.41) is 1.11. The standard InChI is InChI=1S/C13H18N4OS/c1-10(2)16(13(14)18)8-9-19-12-5-3-4-11-15-6-7-17(11)12/h3-7,10H,8-9H2,1-2H3,(H2,14,18). The maximum Gasteiger partial charge on any atom is 0.315 e. The fourth-order valence-corrected chi connectivity index (χ4v) is 2.88. The van der Waals surface area contributed by atoms with Crippen LogP contribution in [0.15, 0.2) is 35.6 Å². The third-order valence-corrected chi connectivity index (χ3v) is 3.89. The van der Waals surface area contributed by atoms with E-state index < -0.39 is 0 Å². The SMILES string of the molecule is CC(C)N(CCSc1cccc2nccn12)C(N)=O. The van der Waals surface area contributed by atoms with Gasteiger partial charge in [-0.1, -0.05) is 6.07 Å². The van der Waals surface area contributed by atoms with Crippen molar-refractivity contribution in [2.45, 2.75) is 24.9 Å². The molecule has 2 aromatic rings. The summed E-state index contributed by atoms with van der Waals surface area (Å²) in [5.41, 5.74) is 6.28. The first-order valence-electron chi connectivity index (χ1n) is 6.20. The molecule has 0 unspecified atom stereocenters. The number of imidazole rings is 1. The molecule has 0 saturated carbocycles. The van der Waals surface area contributed by atoms with Crippen LogP contribution in [0.3, 0.4) is 0 Å². The number of primary amides is 1. The highest BCUT2D eigenvalue weighted by molar-refractivity contribution is 7.99. The zero-order valence-electron chi connectivity index (χ0n) is 11.1. The van der Waals surface area contributed by atoms with Crippen LogP contribution in [0.4, 0.5) is 4.79 Å². The Labute approximate surface area is 116 Å². The Balaban J connectivity index is 1.99. The molecule has 0 spiro atoms. The number of nitrogens with two attached hydrogens (primary N) is 1. The molecular weight excluding hydrogens is 260 g/mol. The third kappa shape index (κ3) is 3.20. The van der Waals surface area contributed by atoms with Gasteiger partial charge in [-0.15, -0.1) is 11.8 Å². The van der Waals surface area contributed by atoms with E-state index in [0.29, 0.717) is 6.54 Å². The van der Waals surface area contributed by atoms with Gasteiger partial charge in [-0.2, -0.15) is 0 Å². The normalized spacial score (nSPS) is 11.1. The van der Waals surface area contributed by atoms with Crippen molar-refractivity contribution >= 4 is 23.4 Å². The maximum atomic E-state index is 11.3. The highest BCUT2D eigenvalue weighted by atomic mass is 32.2. The van der Waals surface area contributed by atoms with E-state index in [-0.39, 0.29) is 12.1 Å². The van der Waals surface area contributed by atoms with Crippen molar-refractivity contribution in [3.63, 3.8) is 0 Å². The molecule has 0 aliphatic carbocycles. The van der Waals surface area contributed by atoms with Crippen LogP contribution in [0.25, 0.3) is 5.65 Å². The molecule has 2 amide bonds. The van der Waals surface area contributed by atoms with Gasteiger partial charge in [-0.3, -0.25) is 4.40 Å². The highest BCUT2D eigenvalue weighted by Gasteiger charge is 2.13. The summed E-state index contributed by atoms with van der Waals surface area (Å²) in [5.74, 6) is 0.804. The summed E-state index contributed by atoms with van der Waals surface area (Å²) in [6, 6.07) is 5.76. The van der Waals surface area contributed by atoms with Gasteiger partial charge in [0.2, 0.25) is 0 Å². The summed E-state index contributed by atoms with van der Waals surface area (Å²) in [6.45, 7) is 4.57. The summed E-state index contributed by atoms with van der Waals surface area (Å²) in [4.78, 5) is 17.2. The smallest absolute Gasteiger partial charge is 0.315 e. The zero-order valence-corrected chi connectivity index (χ0v) is 11.9. The predicted molar refractivity (Wildman–Crippen MR) is 77.3 cm³/mol. The molecule has 5 nitrogen and oxygen atoms in total. The molecule has 2 heterocycles. The van der Waals surface area contributed by atoms with Gasteiger partial charge in [0, 0.05) is 30.7 Å². The molecule has 2 N–H and O–H groups in total. The van der Waals surface area contributed by atoms with Crippen molar-refractivity contribution in [1.82, 2.24) is 14.3 Å². The van der Waals surface area contributed by atoms with E-state index in [2.05, 4.69) is 4.98 Å². The van der Waals surface area contributed by atoms with E-state index >= 15 is 0 Å². The molecule has 6 heteroatoms. The first kappa shape index (κ1) is 13.7. The van der Waals surface area contributed by atoms with Crippen LogP contribution in [0.2, 0.25) is 0 Å². The lowest BCUT2D eigenvalue weighted by Gasteiger charge is -2.24. The second-order valence-corrected chi connectivity index (χ2v) is 5.61. The summed E-state index contributed by atoms with van der Waals surface area (Å²) < 4.78 is 2.04. The van der Waals surface area contributed by atoms with Gasteiger partial charge in [0.1, 0.15) is 5.65 Å². The monoisotopic (exact) mass is 278 g/mol. The lowest BCUT2D eigenvalue weighted by Crippen LogP contribution is -2.42. The van der Waals surface area contributed by atoms with E-state index in [9.17, 15) is 4.79 Å². The lowest BCUT2D eigenvalue weighted by atomic mass is 10.3. The predicted octanol–water partition coefficient (Wildman–Crippen LogP) is 2.22. The van der Waals surface area contributed by atoms with Gasteiger partial charge in [-0.25, -0.2) is 9.78 Å². The van der Waals surface area contributed by atoms with Gasteiger partial charge in [0.05, 0.1) is 5.03 Å². The van der Waals surface area contributed by atoms with Gasteiger partial charge in [-0.05, 0) is 26.0 Å². The van der Waals surface area contributed by atoms with Crippen LogP contribution in [-0.4, -0.2) is 38.7 Å². The first-order valence-corrected chi connectivity index (χ1v) is 7.19. The number of urea groups is 1. The summed E-state index contributed by atoms with van der Waals surface area (Å²) in [7, 11) is 0. The number of carbonyl (C=O) groups excluding carboxylic acids is 1. The molecule has 2 aromatic heterocycles. The molecule has 19 heavy (non-hydrogen) atoms. The molecule has 2 rings (SSSR count). The number of carbonyl (C=O) groups is 1. The molecule has 0 radical (unpaired) electrons. The average molecular weight is 278 g/mol. The van der Waals surface area contributed by atoms with Crippen molar-refractivity contribution in [3.05, 3.63) is 30.6 Å². The minimum atomic E-state index is -0.364. The van der Waals surface area contributed by atoms with E-state index in [0.717, 1.165) is 16.4 Å². The minimum absolute atomic E-state index is 0.127. The van der Waals surface area contributed by atoms with E-state index in [1.54, 1.807) is 22.9 Å². The number of hydrogen-bond donors (Lipinski definition) is 1. The Morgan fingerprint density at radius 1 is 1.53 bits per heavy atom. The molecule has 0 aromatic carbocycles. The number of fused-ring (bicyclic) bond motifs is 1. The van der Waals surface area contributed by atoms with Crippen molar-refractivity contribution in [2.75, 3.05) is 12.3 Å². The molecular formula is C13H18N4OS. The first-order chi connectivity index (χ1) is 9.09. The quantitative estimate of drug-likeness (QED) is 0.853. The zero-order chi connectivity index (χ0) is 13.8. The number of amides is 2. The Kier molecular flexibility index (Phi) is 4.31. The van der Waals surface area contributed by atoms with Crippen molar-refractivity contribution in [2.24, 2.45) is 5.73 Å². The largest absolute Gasteiger partial charge is 0.351 e. The van der Waals surface area contributed by atoms with Gasteiger partial charge < -0.3 is 10.6 Å². The van der Waals surface area contributed by atoms with E-state index in [4.69, 9.17) is 5.73 Å². The Bertz CT molecular complexity index is 567. The van der Waals surface area contributed by atoms with Crippen molar-refractivity contribution in [1.29, 1.82) is 0 Å². The fraction of sp³-hybridized carbons (Fsp3) is 0.385. The fourth-order valence-electron chi connectivity index (χ4n) is 1.91. The van der Waals surface area contributed by atoms with Crippen LogP contribution < -0.4 is 5.73 Å². The Morgan fingerprint density at radius 3 is 3.00 bits per heavy atom. The second-order valence-electron chi connectivity index (χ2n) is 4.49. The molecule has 0 aliphatic rings. The number of nitrogens with zero attached hydrogens (tertiary/aromatic N) is 3. The van der Waals surface area contributed by atoms with Crippen LogP contribution >= 0.6 is 11.8 Å². The van der Waals surface area contributed by atoms with E-state index in [1.807, 2.05) is 42.6 Å². The van der Waals surface area contributed by atoms with Crippen LogP contribution in [0.5, 0.6) is 0 Å². The number of aromatic nitrogens is 2. The lowest BCUT2D eigenvalue weighted by molar-refractivity contribution is 0.197. The number of pyridine rings is 1. The molecule has 0 bridgehead atoms. The number of rotatable bonds is 5. The summed E-state index contributed by atoms with van der Waals surface area (Å²) in [6.07, 6.45) is 3.72. The van der Waals surface area contributed by atoms with Gasteiger partial charge in [0.25, 0.3) is 0 Å².